The van der Waals surface area contributed by atoms with Gasteiger partial charge in [0.2, 0.25) is 0 Å². The Morgan fingerprint density at radius 1 is 1.19 bits per heavy atom. The molecule has 16 heavy (non-hydrogen) atoms. The van der Waals surface area contributed by atoms with E-state index in [1.165, 1.54) is 0 Å². The molecule has 0 aromatic heterocycles. The average Bonchev–Trinajstić information content (AvgIpc) is 1.96. The van der Waals surface area contributed by atoms with Crippen molar-refractivity contribution in [3.63, 3.8) is 0 Å². The monoisotopic (exact) mass is 228 g/mol. The van der Waals surface area contributed by atoms with E-state index in [0.717, 1.165) is 12.1 Å². The molecule has 0 bridgehead atoms. The van der Waals surface area contributed by atoms with Crippen LogP contribution in [-0.2, 0) is 4.74 Å². The molecule has 0 aliphatic heterocycles. The third-order valence-corrected chi connectivity index (χ3v) is 1.79. The van der Waals surface area contributed by atoms with Gasteiger partial charge in [-0.1, -0.05) is 0 Å². The van der Waals surface area contributed by atoms with Gasteiger partial charge in [-0.3, -0.25) is 0 Å². The number of esters is 1. The maximum absolute atomic E-state index is 13.4. The lowest BCUT2D eigenvalue weighted by molar-refractivity contribution is 0.00596. The molecule has 0 atom stereocenters. The number of halogens is 2. The SMILES string of the molecule is Cc1cc(F)c(C(=O)OC(C)(C)C)c(F)c1. The lowest BCUT2D eigenvalue weighted by atomic mass is 10.1. The van der Waals surface area contributed by atoms with E-state index in [1.54, 1.807) is 27.7 Å². The molecule has 0 N–H and O–H groups in total. The molecule has 1 aromatic rings. The molecule has 2 nitrogen and oxygen atoms in total. The van der Waals surface area contributed by atoms with Gasteiger partial charge in [-0.15, -0.1) is 0 Å². The molecule has 0 fully saturated rings. The van der Waals surface area contributed by atoms with Gasteiger partial charge >= 0.3 is 5.97 Å². The van der Waals surface area contributed by atoms with Gasteiger partial charge < -0.3 is 4.74 Å². The van der Waals surface area contributed by atoms with Gasteiger partial charge in [0.05, 0.1) is 0 Å². The Bertz CT molecular complexity index is 397. The van der Waals surface area contributed by atoms with E-state index in [9.17, 15) is 13.6 Å². The Morgan fingerprint density at radius 3 is 2.00 bits per heavy atom. The van der Waals surface area contributed by atoms with Crippen LogP contribution < -0.4 is 0 Å². The van der Waals surface area contributed by atoms with Gasteiger partial charge in [-0.05, 0) is 45.4 Å². The average molecular weight is 228 g/mol. The van der Waals surface area contributed by atoms with Crippen LogP contribution in [0.25, 0.3) is 0 Å². The predicted octanol–water partition coefficient (Wildman–Crippen LogP) is 3.23. The maximum Gasteiger partial charge on any atom is 0.344 e. The number of aryl methyl sites for hydroxylation is 1. The van der Waals surface area contributed by atoms with Crippen molar-refractivity contribution in [2.24, 2.45) is 0 Å². The summed E-state index contributed by atoms with van der Waals surface area (Å²) in [6, 6.07) is 2.20. The van der Waals surface area contributed by atoms with Crippen LogP contribution in [0.2, 0.25) is 0 Å². The van der Waals surface area contributed by atoms with Crippen molar-refractivity contribution in [3.05, 3.63) is 34.9 Å². The van der Waals surface area contributed by atoms with Gasteiger partial charge in [0, 0.05) is 0 Å². The normalized spacial score (nSPS) is 11.4. The Labute approximate surface area is 93.2 Å². The van der Waals surface area contributed by atoms with E-state index in [2.05, 4.69) is 0 Å². The van der Waals surface area contributed by atoms with E-state index < -0.39 is 28.8 Å². The fraction of sp³-hybridized carbons (Fsp3) is 0.417. The highest BCUT2D eigenvalue weighted by Gasteiger charge is 2.24. The summed E-state index contributed by atoms with van der Waals surface area (Å²) < 4.78 is 31.7. The van der Waals surface area contributed by atoms with Crippen molar-refractivity contribution in [2.45, 2.75) is 33.3 Å². The number of carbonyl (C=O) groups is 1. The quantitative estimate of drug-likeness (QED) is 0.690. The maximum atomic E-state index is 13.4. The molecule has 0 unspecified atom stereocenters. The summed E-state index contributed by atoms with van der Waals surface area (Å²) in [5, 5.41) is 0. The van der Waals surface area contributed by atoms with E-state index in [4.69, 9.17) is 4.74 Å². The lowest BCUT2D eigenvalue weighted by Gasteiger charge is -2.19. The zero-order valence-electron chi connectivity index (χ0n) is 9.73. The Hall–Kier alpha value is -1.45. The molecule has 0 spiro atoms. The van der Waals surface area contributed by atoms with E-state index >= 15 is 0 Å². The zero-order valence-corrected chi connectivity index (χ0v) is 9.73. The van der Waals surface area contributed by atoms with E-state index in [0.29, 0.717) is 5.56 Å². The first-order valence-electron chi connectivity index (χ1n) is 4.90. The predicted molar refractivity (Wildman–Crippen MR) is 56.3 cm³/mol. The largest absolute Gasteiger partial charge is 0.456 e. The van der Waals surface area contributed by atoms with Crippen LogP contribution in [0.5, 0.6) is 0 Å². The third kappa shape index (κ3) is 3.02. The fourth-order valence-electron chi connectivity index (χ4n) is 1.22. The minimum absolute atomic E-state index is 0.419. The second kappa shape index (κ2) is 4.20. The molecule has 0 saturated carbocycles. The molecular weight excluding hydrogens is 214 g/mol. The Morgan fingerprint density at radius 2 is 1.62 bits per heavy atom. The summed E-state index contributed by atoms with van der Waals surface area (Å²) in [6.07, 6.45) is 0. The highest BCUT2D eigenvalue weighted by Crippen LogP contribution is 2.19. The molecule has 0 amide bonds. The summed E-state index contributed by atoms with van der Waals surface area (Å²) in [7, 11) is 0. The highest BCUT2D eigenvalue weighted by atomic mass is 19.1. The summed E-state index contributed by atoms with van der Waals surface area (Å²) in [5.41, 5.74) is -0.997. The molecule has 0 heterocycles. The van der Waals surface area contributed by atoms with E-state index in [-0.39, 0.29) is 0 Å². The van der Waals surface area contributed by atoms with Crippen molar-refractivity contribution in [3.8, 4) is 0 Å². The number of benzene rings is 1. The van der Waals surface area contributed by atoms with Gasteiger partial charge in [-0.2, -0.15) is 0 Å². The number of hydrogen-bond donors (Lipinski definition) is 0. The number of rotatable bonds is 1. The van der Waals surface area contributed by atoms with Crippen LogP contribution in [0.1, 0.15) is 36.7 Å². The topological polar surface area (TPSA) is 26.3 Å². The van der Waals surface area contributed by atoms with Gasteiger partial charge in [-0.25, -0.2) is 13.6 Å². The van der Waals surface area contributed by atoms with Crippen LogP contribution in [0.4, 0.5) is 8.78 Å². The molecule has 88 valence electrons. The second-order valence-corrected chi connectivity index (χ2v) is 4.61. The van der Waals surface area contributed by atoms with Crippen molar-refractivity contribution < 1.29 is 18.3 Å². The lowest BCUT2D eigenvalue weighted by Crippen LogP contribution is -2.25. The third-order valence-electron chi connectivity index (χ3n) is 1.79. The Kier molecular flexibility index (Phi) is 3.31. The number of carbonyl (C=O) groups excluding carboxylic acids is 1. The van der Waals surface area contributed by atoms with Gasteiger partial charge in [0.15, 0.2) is 0 Å². The molecule has 0 radical (unpaired) electrons. The van der Waals surface area contributed by atoms with Crippen LogP contribution >= 0.6 is 0 Å². The molecule has 0 aliphatic carbocycles. The van der Waals surface area contributed by atoms with Crippen LogP contribution in [0, 0.1) is 18.6 Å². The highest BCUT2D eigenvalue weighted by molar-refractivity contribution is 5.90. The molecule has 1 aromatic carbocycles. The first-order valence-corrected chi connectivity index (χ1v) is 4.90. The molecular formula is C12H14F2O2. The Balaban J connectivity index is 3.10. The van der Waals surface area contributed by atoms with E-state index in [1.807, 2.05) is 0 Å². The smallest absolute Gasteiger partial charge is 0.344 e. The van der Waals surface area contributed by atoms with Gasteiger partial charge in [0.1, 0.15) is 22.8 Å². The molecule has 0 saturated heterocycles. The van der Waals surface area contributed by atoms with Crippen molar-refractivity contribution in [1.82, 2.24) is 0 Å². The minimum atomic E-state index is -0.984. The second-order valence-electron chi connectivity index (χ2n) is 4.61. The fourth-order valence-corrected chi connectivity index (χ4v) is 1.22. The standard InChI is InChI=1S/C12H14F2O2/c1-7-5-8(13)10(9(14)6-7)11(15)16-12(2,3)4/h5-6H,1-4H3. The molecule has 1 rings (SSSR count). The van der Waals surface area contributed by atoms with Crippen molar-refractivity contribution >= 4 is 5.97 Å². The number of hydrogen-bond acceptors (Lipinski definition) is 2. The molecule has 0 aliphatic rings. The van der Waals surface area contributed by atoms with Crippen LogP contribution in [0.15, 0.2) is 12.1 Å². The first kappa shape index (κ1) is 12.6. The van der Waals surface area contributed by atoms with Gasteiger partial charge in [0.25, 0.3) is 0 Å². The summed E-state index contributed by atoms with van der Waals surface area (Å²) in [6.45, 7) is 6.45. The van der Waals surface area contributed by atoms with Crippen molar-refractivity contribution in [1.29, 1.82) is 0 Å². The van der Waals surface area contributed by atoms with Crippen molar-refractivity contribution in [2.75, 3.05) is 0 Å². The van der Waals surface area contributed by atoms with Crippen LogP contribution in [0.3, 0.4) is 0 Å². The van der Waals surface area contributed by atoms with Crippen LogP contribution in [-0.4, -0.2) is 11.6 Å². The zero-order chi connectivity index (χ0) is 12.5. The molecule has 4 heteroatoms. The minimum Gasteiger partial charge on any atom is -0.456 e. The summed E-state index contributed by atoms with van der Waals surface area (Å²) in [4.78, 5) is 11.5. The first-order chi connectivity index (χ1) is 7.20. The summed E-state index contributed by atoms with van der Waals surface area (Å²) >= 11 is 0. The number of ether oxygens (including phenoxy) is 1. The summed E-state index contributed by atoms with van der Waals surface area (Å²) in [5.74, 6) is -2.78.